The number of aryl methyl sites for hydroxylation is 1. The van der Waals surface area contributed by atoms with E-state index in [9.17, 15) is 0 Å². The Morgan fingerprint density at radius 1 is 0.852 bits per heavy atom. The van der Waals surface area contributed by atoms with Gasteiger partial charge in [-0.05, 0) is 41.8 Å². The molecule has 0 aromatic heterocycles. The Morgan fingerprint density at radius 3 is 2.33 bits per heavy atom. The molecule has 0 heterocycles. The monoisotopic (exact) mass is 381 g/mol. The lowest BCUT2D eigenvalue weighted by Gasteiger charge is -2.13. The quantitative estimate of drug-likeness (QED) is 0.556. The van der Waals surface area contributed by atoms with Crippen LogP contribution in [0.4, 0.5) is 0 Å². The lowest BCUT2D eigenvalue weighted by atomic mass is 10.1. The molecule has 0 fully saturated rings. The van der Waals surface area contributed by atoms with Crippen LogP contribution in [0.1, 0.15) is 22.3 Å². The van der Waals surface area contributed by atoms with Crippen molar-refractivity contribution in [3.05, 3.63) is 94.0 Å². The molecular weight excluding hydrogens is 358 g/mol. The zero-order valence-electron chi connectivity index (χ0n) is 15.7. The fourth-order valence-corrected chi connectivity index (χ4v) is 2.97. The molecule has 3 nitrogen and oxygen atoms in total. The van der Waals surface area contributed by atoms with Gasteiger partial charge in [-0.1, -0.05) is 65.7 Å². The van der Waals surface area contributed by atoms with Gasteiger partial charge in [-0.15, -0.1) is 0 Å². The van der Waals surface area contributed by atoms with Crippen LogP contribution in [-0.4, -0.2) is 7.11 Å². The summed E-state index contributed by atoms with van der Waals surface area (Å²) in [5.74, 6) is 1.48. The molecule has 0 bridgehead atoms. The SMILES string of the molecule is COc1cc(CNCc2ccccc2Cl)ccc1OCc1ccc(C)cc1. The average molecular weight is 382 g/mol. The van der Waals surface area contributed by atoms with Gasteiger partial charge in [0.2, 0.25) is 0 Å². The third kappa shape index (κ3) is 5.49. The largest absolute Gasteiger partial charge is 0.493 e. The van der Waals surface area contributed by atoms with Gasteiger partial charge in [0.15, 0.2) is 11.5 Å². The molecule has 4 heteroatoms. The molecule has 0 saturated carbocycles. The molecule has 0 atom stereocenters. The summed E-state index contributed by atoms with van der Waals surface area (Å²) in [6, 6.07) is 22.2. The standard InChI is InChI=1S/C23H24ClNO2/c1-17-7-9-18(10-8-17)16-27-22-12-11-19(13-23(22)26-2)14-25-15-20-5-3-4-6-21(20)24/h3-13,25H,14-16H2,1-2H3. The van der Waals surface area contributed by atoms with Crippen molar-refractivity contribution in [3.63, 3.8) is 0 Å². The molecule has 27 heavy (non-hydrogen) atoms. The lowest BCUT2D eigenvalue weighted by molar-refractivity contribution is 0.284. The van der Waals surface area contributed by atoms with Crippen molar-refractivity contribution in [1.29, 1.82) is 0 Å². The van der Waals surface area contributed by atoms with Gasteiger partial charge < -0.3 is 14.8 Å². The zero-order valence-corrected chi connectivity index (χ0v) is 16.4. The Bertz CT molecular complexity index is 878. The van der Waals surface area contributed by atoms with Crippen LogP contribution in [-0.2, 0) is 19.7 Å². The molecule has 0 aliphatic heterocycles. The molecule has 0 amide bonds. The fraction of sp³-hybridized carbons (Fsp3) is 0.217. The van der Waals surface area contributed by atoms with Crippen LogP contribution in [0.15, 0.2) is 66.7 Å². The molecule has 3 aromatic carbocycles. The van der Waals surface area contributed by atoms with E-state index in [1.165, 1.54) is 5.56 Å². The van der Waals surface area contributed by atoms with Crippen molar-refractivity contribution in [3.8, 4) is 11.5 Å². The van der Waals surface area contributed by atoms with Gasteiger partial charge in [0, 0.05) is 18.1 Å². The van der Waals surface area contributed by atoms with Crippen molar-refractivity contribution in [2.45, 2.75) is 26.6 Å². The Hall–Kier alpha value is -2.49. The highest BCUT2D eigenvalue weighted by atomic mass is 35.5. The molecule has 0 saturated heterocycles. The lowest BCUT2D eigenvalue weighted by Crippen LogP contribution is -2.13. The van der Waals surface area contributed by atoms with Crippen LogP contribution in [0.25, 0.3) is 0 Å². The third-order valence-corrected chi connectivity index (χ3v) is 4.71. The van der Waals surface area contributed by atoms with E-state index in [4.69, 9.17) is 21.1 Å². The highest BCUT2D eigenvalue weighted by molar-refractivity contribution is 6.31. The molecule has 3 aromatic rings. The maximum Gasteiger partial charge on any atom is 0.161 e. The summed E-state index contributed by atoms with van der Waals surface area (Å²) in [4.78, 5) is 0. The summed E-state index contributed by atoms with van der Waals surface area (Å²) >= 11 is 6.19. The topological polar surface area (TPSA) is 30.5 Å². The number of halogens is 1. The maximum absolute atomic E-state index is 6.19. The number of benzene rings is 3. The second-order valence-electron chi connectivity index (χ2n) is 6.45. The van der Waals surface area contributed by atoms with Gasteiger partial charge in [-0.3, -0.25) is 0 Å². The molecule has 0 spiro atoms. The van der Waals surface area contributed by atoms with E-state index < -0.39 is 0 Å². The molecule has 0 unspecified atom stereocenters. The summed E-state index contributed by atoms with van der Waals surface area (Å²) in [5.41, 5.74) is 4.59. The molecule has 0 aliphatic rings. The predicted octanol–water partition coefficient (Wildman–Crippen LogP) is 5.53. The van der Waals surface area contributed by atoms with Gasteiger partial charge in [0.1, 0.15) is 6.61 Å². The van der Waals surface area contributed by atoms with Crippen molar-refractivity contribution >= 4 is 11.6 Å². The zero-order chi connectivity index (χ0) is 19.1. The average Bonchev–Trinajstić information content (AvgIpc) is 2.69. The number of ether oxygens (including phenoxy) is 2. The fourth-order valence-electron chi connectivity index (χ4n) is 2.77. The van der Waals surface area contributed by atoms with Crippen LogP contribution in [0.2, 0.25) is 5.02 Å². The summed E-state index contributed by atoms with van der Waals surface area (Å²) in [5, 5.41) is 4.19. The maximum atomic E-state index is 6.19. The first kappa shape index (κ1) is 19.3. The van der Waals surface area contributed by atoms with Gasteiger partial charge in [-0.2, -0.15) is 0 Å². The van der Waals surface area contributed by atoms with E-state index >= 15 is 0 Å². The second kappa shape index (κ2) is 9.45. The minimum absolute atomic E-state index is 0.515. The van der Waals surface area contributed by atoms with E-state index in [2.05, 4.69) is 36.5 Å². The van der Waals surface area contributed by atoms with E-state index in [1.54, 1.807) is 7.11 Å². The van der Waals surface area contributed by atoms with Gasteiger partial charge in [-0.25, -0.2) is 0 Å². The number of hydrogen-bond donors (Lipinski definition) is 1. The van der Waals surface area contributed by atoms with E-state index in [0.717, 1.165) is 39.8 Å². The van der Waals surface area contributed by atoms with Crippen LogP contribution < -0.4 is 14.8 Å². The van der Waals surface area contributed by atoms with Crippen molar-refractivity contribution < 1.29 is 9.47 Å². The number of hydrogen-bond acceptors (Lipinski definition) is 3. The Morgan fingerprint density at radius 2 is 1.59 bits per heavy atom. The number of rotatable bonds is 8. The summed E-state index contributed by atoms with van der Waals surface area (Å²) in [7, 11) is 1.66. The van der Waals surface area contributed by atoms with Gasteiger partial charge in [0.25, 0.3) is 0 Å². The van der Waals surface area contributed by atoms with E-state index in [1.807, 2.05) is 42.5 Å². The van der Waals surface area contributed by atoms with Crippen molar-refractivity contribution in [2.75, 3.05) is 7.11 Å². The van der Waals surface area contributed by atoms with E-state index in [-0.39, 0.29) is 0 Å². The summed E-state index contributed by atoms with van der Waals surface area (Å²) < 4.78 is 11.4. The predicted molar refractivity (Wildman–Crippen MR) is 111 cm³/mol. The molecule has 140 valence electrons. The van der Waals surface area contributed by atoms with Gasteiger partial charge in [0.05, 0.1) is 7.11 Å². The molecule has 0 aliphatic carbocycles. The molecule has 3 rings (SSSR count). The Kier molecular flexibility index (Phi) is 6.74. The summed E-state index contributed by atoms with van der Waals surface area (Å²) in [6.45, 7) is 4.03. The first-order valence-corrected chi connectivity index (χ1v) is 9.33. The minimum Gasteiger partial charge on any atom is -0.493 e. The van der Waals surface area contributed by atoms with Crippen LogP contribution >= 0.6 is 11.6 Å². The van der Waals surface area contributed by atoms with Crippen molar-refractivity contribution in [2.24, 2.45) is 0 Å². The Labute approximate surface area is 165 Å². The van der Waals surface area contributed by atoms with E-state index in [0.29, 0.717) is 13.2 Å². The smallest absolute Gasteiger partial charge is 0.161 e. The van der Waals surface area contributed by atoms with Crippen LogP contribution in [0.3, 0.4) is 0 Å². The van der Waals surface area contributed by atoms with Crippen LogP contribution in [0.5, 0.6) is 11.5 Å². The molecule has 1 N–H and O–H groups in total. The second-order valence-corrected chi connectivity index (χ2v) is 6.86. The van der Waals surface area contributed by atoms with Crippen molar-refractivity contribution in [1.82, 2.24) is 5.32 Å². The highest BCUT2D eigenvalue weighted by Crippen LogP contribution is 2.29. The van der Waals surface area contributed by atoms with Gasteiger partial charge >= 0.3 is 0 Å². The first-order valence-electron chi connectivity index (χ1n) is 8.95. The number of methoxy groups -OCH3 is 1. The Balaban J connectivity index is 1.58. The third-order valence-electron chi connectivity index (χ3n) is 4.35. The highest BCUT2D eigenvalue weighted by Gasteiger charge is 2.07. The normalized spacial score (nSPS) is 10.6. The van der Waals surface area contributed by atoms with Crippen LogP contribution in [0, 0.1) is 6.92 Å². The summed E-state index contributed by atoms with van der Waals surface area (Å²) in [6.07, 6.45) is 0. The molecular formula is C23H24ClNO2. The first-order chi connectivity index (χ1) is 13.2. The number of nitrogens with one attached hydrogen (secondary N) is 1. The molecule has 0 radical (unpaired) electrons. The minimum atomic E-state index is 0.515.